The highest BCUT2D eigenvalue weighted by Gasteiger charge is 2.27. The predicted octanol–water partition coefficient (Wildman–Crippen LogP) is 4.30. The number of nitrogens with zero attached hydrogens (tertiary/aromatic N) is 1. The van der Waals surface area contributed by atoms with E-state index >= 15 is 0 Å². The van der Waals surface area contributed by atoms with E-state index < -0.39 is 0 Å². The van der Waals surface area contributed by atoms with Crippen LogP contribution in [0.2, 0.25) is 0 Å². The number of carbonyl (C=O) groups excluding carboxylic acids is 2. The first-order valence-corrected chi connectivity index (χ1v) is 9.19. The number of amides is 2. The SMILES string of the molecule is CC(=O)N(C(=O)Cc1ccccc1Br)c1cc(Br)cc2c1NCC2. The maximum Gasteiger partial charge on any atom is 0.238 e. The van der Waals surface area contributed by atoms with Crippen LogP contribution in [0.25, 0.3) is 0 Å². The van der Waals surface area contributed by atoms with Crippen molar-refractivity contribution in [3.63, 3.8) is 0 Å². The monoisotopic (exact) mass is 450 g/mol. The number of hydrogen-bond acceptors (Lipinski definition) is 3. The summed E-state index contributed by atoms with van der Waals surface area (Å²) >= 11 is 6.93. The van der Waals surface area contributed by atoms with Crippen LogP contribution in [0.1, 0.15) is 18.1 Å². The summed E-state index contributed by atoms with van der Waals surface area (Å²) in [6.07, 6.45) is 1.04. The summed E-state index contributed by atoms with van der Waals surface area (Å²) in [6, 6.07) is 11.4. The fourth-order valence-electron chi connectivity index (χ4n) is 2.91. The molecule has 4 nitrogen and oxygen atoms in total. The summed E-state index contributed by atoms with van der Waals surface area (Å²) in [5.74, 6) is -0.538. The maximum atomic E-state index is 12.9. The largest absolute Gasteiger partial charge is 0.383 e. The summed E-state index contributed by atoms with van der Waals surface area (Å²) < 4.78 is 1.72. The highest BCUT2D eigenvalue weighted by atomic mass is 79.9. The molecule has 0 aromatic heterocycles. The van der Waals surface area contributed by atoms with Crippen LogP contribution in [0.3, 0.4) is 0 Å². The average molecular weight is 452 g/mol. The molecule has 0 fully saturated rings. The zero-order valence-electron chi connectivity index (χ0n) is 13.1. The fraction of sp³-hybridized carbons (Fsp3) is 0.222. The van der Waals surface area contributed by atoms with Crippen molar-refractivity contribution >= 4 is 55.0 Å². The smallest absolute Gasteiger partial charge is 0.238 e. The molecule has 1 aliphatic rings. The van der Waals surface area contributed by atoms with E-state index in [9.17, 15) is 9.59 Å². The van der Waals surface area contributed by atoms with Crippen molar-refractivity contribution in [2.24, 2.45) is 0 Å². The molecule has 1 heterocycles. The van der Waals surface area contributed by atoms with Crippen molar-refractivity contribution in [3.8, 4) is 0 Å². The third-order valence-corrected chi connectivity index (χ3v) is 5.20. The summed E-state index contributed by atoms with van der Waals surface area (Å²) in [4.78, 5) is 26.3. The third kappa shape index (κ3) is 3.39. The molecular weight excluding hydrogens is 436 g/mol. The molecule has 1 N–H and O–H groups in total. The van der Waals surface area contributed by atoms with E-state index in [1.807, 2.05) is 36.4 Å². The van der Waals surface area contributed by atoms with Crippen LogP contribution in [0.15, 0.2) is 45.3 Å². The Kier molecular flexibility index (Phi) is 5.06. The lowest BCUT2D eigenvalue weighted by atomic mass is 10.1. The van der Waals surface area contributed by atoms with Crippen LogP contribution in [-0.4, -0.2) is 18.4 Å². The second kappa shape index (κ2) is 7.07. The van der Waals surface area contributed by atoms with Crippen LogP contribution in [-0.2, 0) is 22.4 Å². The number of nitrogens with one attached hydrogen (secondary N) is 1. The normalized spacial score (nSPS) is 12.5. The molecule has 0 saturated carbocycles. The van der Waals surface area contributed by atoms with Gasteiger partial charge >= 0.3 is 0 Å². The number of carbonyl (C=O) groups is 2. The minimum absolute atomic E-state index is 0.155. The summed E-state index contributed by atoms with van der Waals surface area (Å²) in [6.45, 7) is 2.23. The zero-order valence-corrected chi connectivity index (χ0v) is 16.3. The Hall–Kier alpha value is -1.66. The lowest BCUT2D eigenvalue weighted by Crippen LogP contribution is -2.37. The van der Waals surface area contributed by atoms with Crippen LogP contribution >= 0.6 is 31.9 Å². The Morgan fingerprint density at radius 3 is 2.67 bits per heavy atom. The van der Waals surface area contributed by atoms with Gasteiger partial charge in [-0.1, -0.05) is 50.1 Å². The highest BCUT2D eigenvalue weighted by Crippen LogP contribution is 2.37. The Labute approximate surface area is 157 Å². The quantitative estimate of drug-likeness (QED) is 0.756. The Morgan fingerprint density at radius 2 is 1.96 bits per heavy atom. The van der Waals surface area contributed by atoms with E-state index in [1.54, 1.807) is 0 Å². The number of halogens is 2. The Balaban J connectivity index is 1.98. The molecule has 1 aliphatic heterocycles. The van der Waals surface area contributed by atoms with Gasteiger partial charge in [0.05, 0.1) is 17.8 Å². The van der Waals surface area contributed by atoms with Crippen molar-refractivity contribution in [1.29, 1.82) is 0 Å². The van der Waals surface area contributed by atoms with Gasteiger partial charge in [-0.15, -0.1) is 0 Å². The van der Waals surface area contributed by atoms with Gasteiger partial charge in [-0.2, -0.15) is 0 Å². The van der Waals surface area contributed by atoms with Gasteiger partial charge in [-0.25, -0.2) is 4.90 Å². The Bertz CT molecular complexity index is 821. The lowest BCUT2D eigenvalue weighted by Gasteiger charge is -2.23. The number of anilines is 2. The first-order valence-electron chi connectivity index (χ1n) is 7.60. The molecule has 2 aromatic rings. The maximum absolute atomic E-state index is 12.9. The number of fused-ring (bicyclic) bond motifs is 1. The minimum atomic E-state index is -0.291. The van der Waals surface area contributed by atoms with Crippen LogP contribution in [0.5, 0.6) is 0 Å². The average Bonchev–Trinajstić information content (AvgIpc) is 2.97. The third-order valence-electron chi connectivity index (χ3n) is 3.96. The number of benzene rings is 2. The zero-order chi connectivity index (χ0) is 17.3. The van der Waals surface area contributed by atoms with Gasteiger partial charge in [0, 0.05) is 22.4 Å². The van der Waals surface area contributed by atoms with Gasteiger partial charge in [0.1, 0.15) is 0 Å². The van der Waals surface area contributed by atoms with Gasteiger partial charge in [0.15, 0.2) is 0 Å². The first-order chi connectivity index (χ1) is 11.5. The summed E-state index contributed by atoms with van der Waals surface area (Å²) in [5, 5.41) is 3.29. The van der Waals surface area contributed by atoms with E-state index in [2.05, 4.69) is 37.2 Å². The van der Waals surface area contributed by atoms with E-state index in [0.29, 0.717) is 5.69 Å². The molecule has 0 bridgehead atoms. The molecule has 2 aromatic carbocycles. The Morgan fingerprint density at radius 1 is 1.21 bits per heavy atom. The van der Waals surface area contributed by atoms with Crippen molar-refractivity contribution < 1.29 is 9.59 Å². The molecule has 3 rings (SSSR count). The second-order valence-corrected chi connectivity index (χ2v) is 7.42. The molecule has 0 saturated heterocycles. The number of imide groups is 1. The van der Waals surface area contributed by atoms with Gasteiger partial charge in [-0.3, -0.25) is 9.59 Å². The second-order valence-electron chi connectivity index (χ2n) is 5.65. The summed E-state index contributed by atoms with van der Waals surface area (Å²) in [5.41, 5.74) is 3.45. The van der Waals surface area contributed by atoms with Gasteiger partial charge in [0.25, 0.3) is 0 Å². The van der Waals surface area contributed by atoms with Gasteiger partial charge in [-0.05, 0) is 35.7 Å². The van der Waals surface area contributed by atoms with E-state index in [1.165, 1.54) is 11.8 Å². The number of rotatable bonds is 3. The van der Waals surface area contributed by atoms with Crippen LogP contribution in [0.4, 0.5) is 11.4 Å². The van der Waals surface area contributed by atoms with Crippen molar-refractivity contribution in [2.45, 2.75) is 19.8 Å². The van der Waals surface area contributed by atoms with Gasteiger partial charge in [0.2, 0.25) is 11.8 Å². The fourth-order valence-corrected chi connectivity index (χ4v) is 3.83. The minimum Gasteiger partial charge on any atom is -0.383 e. The van der Waals surface area contributed by atoms with Crippen LogP contribution in [0, 0.1) is 0 Å². The molecule has 0 spiro atoms. The molecule has 124 valence electrons. The predicted molar refractivity (Wildman–Crippen MR) is 102 cm³/mol. The molecule has 0 radical (unpaired) electrons. The van der Waals surface area contributed by atoms with Crippen LogP contribution < -0.4 is 10.2 Å². The standard InChI is InChI=1S/C18H16Br2N2O2/c1-11(23)22(17(24)9-12-4-2-3-5-15(12)20)16-10-14(19)8-13-6-7-21-18(13)16/h2-5,8,10,21H,6-7,9H2,1H3. The van der Waals surface area contributed by atoms with Crippen molar-refractivity contribution in [3.05, 3.63) is 56.5 Å². The van der Waals surface area contributed by atoms with Gasteiger partial charge < -0.3 is 5.32 Å². The molecule has 24 heavy (non-hydrogen) atoms. The van der Waals surface area contributed by atoms with E-state index in [4.69, 9.17) is 0 Å². The molecule has 6 heteroatoms. The highest BCUT2D eigenvalue weighted by molar-refractivity contribution is 9.10. The number of hydrogen-bond donors (Lipinski definition) is 1. The molecular formula is C18H16Br2N2O2. The topological polar surface area (TPSA) is 49.4 Å². The molecule has 2 amide bonds. The molecule has 0 atom stereocenters. The molecule has 0 unspecified atom stereocenters. The summed E-state index contributed by atoms with van der Waals surface area (Å²) in [7, 11) is 0. The van der Waals surface area contributed by atoms with Crippen molar-refractivity contribution in [1.82, 2.24) is 0 Å². The first kappa shape index (κ1) is 17.2. The molecule has 0 aliphatic carbocycles. The van der Waals surface area contributed by atoms with Crippen molar-refractivity contribution in [2.75, 3.05) is 16.8 Å². The van der Waals surface area contributed by atoms with E-state index in [0.717, 1.165) is 38.7 Å². The van der Waals surface area contributed by atoms with E-state index in [-0.39, 0.29) is 18.2 Å². The lowest BCUT2D eigenvalue weighted by molar-refractivity contribution is -0.125.